The molecule has 1 saturated heterocycles. The van der Waals surface area contributed by atoms with Gasteiger partial charge in [-0.2, -0.15) is 0 Å². The van der Waals surface area contributed by atoms with Gasteiger partial charge in [0.2, 0.25) is 0 Å². The molecule has 0 bridgehead atoms. The smallest absolute Gasteiger partial charge is 0.0650 e. The lowest BCUT2D eigenvalue weighted by atomic mass is 10.0. The first kappa shape index (κ1) is 12.5. The van der Waals surface area contributed by atoms with Crippen LogP contribution in [0.1, 0.15) is 12.8 Å². The minimum atomic E-state index is 0.666. The third kappa shape index (κ3) is 2.81. The van der Waals surface area contributed by atoms with Crippen LogP contribution < -0.4 is 10.2 Å². The number of anilines is 1. The monoisotopic (exact) mass is 350 g/mol. The van der Waals surface area contributed by atoms with Gasteiger partial charge < -0.3 is 10.2 Å². The predicted molar refractivity (Wildman–Crippen MR) is 78.5 cm³/mol. The maximum absolute atomic E-state index is 6.27. The summed E-state index contributed by atoms with van der Waals surface area (Å²) in [5, 5.41) is 4.21. The third-order valence-electron chi connectivity index (χ3n) is 3.15. The summed E-state index contributed by atoms with van der Waals surface area (Å²) in [6.45, 7) is 2.18. The van der Waals surface area contributed by atoms with Crippen LogP contribution in [-0.2, 0) is 0 Å². The van der Waals surface area contributed by atoms with E-state index in [-0.39, 0.29) is 0 Å². The Bertz CT molecular complexity index is 362. The number of nitrogens with zero attached hydrogens (tertiary/aromatic N) is 1. The van der Waals surface area contributed by atoms with Gasteiger partial charge in [0.05, 0.1) is 10.7 Å². The Hall–Kier alpha value is -0.0000000000000000555. The van der Waals surface area contributed by atoms with Crippen LogP contribution in [0.5, 0.6) is 0 Å². The third-order valence-corrected chi connectivity index (χ3v) is 4.13. The average molecular weight is 351 g/mol. The van der Waals surface area contributed by atoms with E-state index in [4.69, 9.17) is 11.6 Å². The average Bonchev–Trinajstić information content (AvgIpc) is 2.29. The van der Waals surface area contributed by atoms with Gasteiger partial charge in [0.15, 0.2) is 0 Å². The lowest BCUT2D eigenvalue weighted by Crippen LogP contribution is -2.41. The number of piperidine rings is 1. The Morgan fingerprint density at radius 2 is 2.06 bits per heavy atom. The van der Waals surface area contributed by atoms with E-state index in [2.05, 4.69) is 44.9 Å². The van der Waals surface area contributed by atoms with Crippen molar-refractivity contribution in [2.75, 3.05) is 25.0 Å². The fourth-order valence-corrected chi connectivity index (χ4v) is 3.12. The topological polar surface area (TPSA) is 15.3 Å². The van der Waals surface area contributed by atoms with Gasteiger partial charge in [-0.3, -0.25) is 0 Å². The highest BCUT2D eigenvalue weighted by Crippen LogP contribution is 2.29. The Labute approximate surface area is 115 Å². The zero-order chi connectivity index (χ0) is 11.5. The van der Waals surface area contributed by atoms with Gasteiger partial charge in [-0.25, -0.2) is 0 Å². The summed E-state index contributed by atoms with van der Waals surface area (Å²) < 4.78 is 1.19. The van der Waals surface area contributed by atoms with Crippen molar-refractivity contribution in [1.29, 1.82) is 0 Å². The molecule has 1 fully saturated rings. The minimum Gasteiger partial charge on any atom is -0.370 e. The summed E-state index contributed by atoms with van der Waals surface area (Å²) in [5.74, 6) is 0. The van der Waals surface area contributed by atoms with Crippen molar-refractivity contribution in [3.8, 4) is 0 Å². The van der Waals surface area contributed by atoms with Gasteiger partial charge in [0.25, 0.3) is 0 Å². The molecule has 1 aromatic carbocycles. The number of hydrogen-bond donors (Lipinski definition) is 1. The van der Waals surface area contributed by atoms with E-state index in [1.807, 2.05) is 13.1 Å². The van der Waals surface area contributed by atoms with E-state index in [1.165, 1.54) is 22.1 Å². The van der Waals surface area contributed by atoms with Gasteiger partial charge in [-0.1, -0.05) is 11.6 Å². The van der Waals surface area contributed by atoms with Crippen LogP contribution in [0.4, 0.5) is 5.69 Å². The maximum atomic E-state index is 6.27. The molecular formula is C12H16ClIN2. The van der Waals surface area contributed by atoms with Crippen molar-refractivity contribution < 1.29 is 0 Å². The molecule has 1 aromatic rings. The quantitative estimate of drug-likeness (QED) is 0.825. The summed E-state index contributed by atoms with van der Waals surface area (Å²) in [6, 6.07) is 6.94. The van der Waals surface area contributed by atoms with Crippen LogP contribution in [-0.4, -0.2) is 26.2 Å². The van der Waals surface area contributed by atoms with Crippen LogP contribution in [0.25, 0.3) is 0 Å². The predicted octanol–water partition coefficient (Wildman–Crippen LogP) is 3.13. The highest BCUT2D eigenvalue weighted by atomic mass is 127. The van der Waals surface area contributed by atoms with Gasteiger partial charge in [-0.05, 0) is 60.7 Å². The second-order valence-corrected chi connectivity index (χ2v) is 5.80. The first-order chi connectivity index (χ1) is 7.70. The first-order valence-electron chi connectivity index (χ1n) is 5.58. The highest BCUT2D eigenvalue weighted by molar-refractivity contribution is 14.1. The summed E-state index contributed by atoms with van der Waals surface area (Å²) in [7, 11) is 2.04. The van der Waals surface area contributed by atoms with Crippen molar-refractivity contribution in [3.05, 3.63) is 26.8 Å². The summed E-state index contributed by atoms with van der Waals surface area (Å²) in [5.41, 5.74) is 1.18. The fraction of sp³-hybridized carbons (Fsp3) is 0.500. The molecule has 0 aliphatic carbocycles. The Kier molecular flexibility index (Phi) is 4.33. The zero-order valence-corrected chi connectivity index (χ0v) is 12.3. The molecule has 1 aliphatic rings. The van der Waals surface area contributed by atoms with E-state index < -0.39 is 0 Å². The number of halogens is 2. The number of rotatable bonds is 2. The molecule has 0 aromatic heterocycles. The Balaban J connectivity index is 2.08. The molecule has 88 valence electrons. The number of hydrogen-bond acceptors (Lipinski definition) is 2. The Morgan fingerprint density at radius 1 is 1.38 bits per heavy atom. The molecule has 0 amide bonds. The summed E-state index contributed by atoms with van der Waals surface area (Å²) in [6.07, 6.45) is 2.39. The van der Waals surface area contributed by atoms with E-state index >= 15 is 0 Å². The van der Waals surface area contributed by atoms with Gasteiger partial charge in [-0.15, -0.1) is 0 Å². The molecule has 4 heteroatoms. The lowest BCUT2D eigenvalue weighted by molar-refractivity contribution is 0.442. The zero-order valence-electron chi connectivity index (χ0n) is 9.34. The molecular weight excluding hydrogens is 335 g/mol. The first-order valence-corrected chi connectivity index (χ1v) is 7.03. The van der Waals surface area contributed by atoms with E-state index in [9.17, 15) is 0 Å². The molecule has 2 nitrogen and oxygen atoms in total. The lowest BCUT2D eigenvalue weighted by Gasteiger charge is -2.34. The summed E-state index contributed by atoms with van der Waals surface area (Å²) in [4.78, 5) is 2.38. The molecule has 0 spiro atoms. The van der Waals surface area contributed by atoms with E-state index in [0.717, 1.165) is 18.1 Å². The van der Waals surface area contributed by atoms with Crippen LogP contribution in [0, 0.1) is 3.57 Å². The normalized spacial score (nSPS) is 17.8. The van der Waals surface area contributed by atoms with Crippen molar-refractivity contribution in [3.63, 3.8) is 0 Å². The second-order valence-electron chi connectivity index (χ2n) is 4.15. The molecule has 1 aliphatic heterocycles. The van der Waals surface area contributed by atoms with E-state index in [0.29, 0.717) is 6.04 Å². The fourth-order valence-electron chi connectivity index (χ4n) is 2.15. The highest BCUT2D eigenvalue weighted by Gasteiger charge is 2.19. The second kappa shape index (κ2) is 5.56. The van der Waals surface area contributed by atoms with Crippen molar-refractivity contribution >= 4 is 39.9 Å². The van der Waals surface area contributed by atoms with Crippen molar-refractivity contribution in [2.24, 2.45) is 0 Å². The molecule has 0 saturated carbocycles. The maximum Gasteiger partial charge on any atom is 0.0650 e. The van der Waals surface area contributed by atoms with Crippen molar-refractivity contribution in [2.45, 2.75) is 18.9 Å². The minimum absolute atomic E-state index is 0.666. The van der Waals surface area contributed by atoms with E-state index in [1.54, 1.807) is 0 Å². The summed E-state index contributed by atoms with van der Waals surface area (Å²) >= 11 is 8.56. The molecule has 1 heterocycles. The van der Waals surface area contributed by atoms with Crippen LogP contribution in [0.2, 0.25) is 5.02 Å². The van der Waals surface area contributed by atoms with Crippen LogP contribution in [0.3, 0.4) is 0 Å². The number of benzene rings is 1. The molecule has 16 heavy (non-hydrogen) atoms. The molecule has 2 rings (SSSR count). The number of nitrogens with one attached hydrogen (secondary N) is 1. The Morgan fingerprint density at radius 3 is 2.62 bits per heavy atom. The molecule has 0 atom stereocenters. The molecule has 0 radical (unpaired) electrons. The van der Waals surface area contributed by atoms with Gasteiger partial charge in [0, 0.05) is 22.7 Å². The van der Waals surface area contributed by atoms with Crippen molar-refractivity contribution in [1.82, 2.24) is 5.32 Å². The van der Waals surface area contributed by atoms with Gasteiger partial charge >= 0.3 is 0 Å². The largest absolute Gasteiger partial charge is 0.370 e. The van der Waals surface area contributed by atoms with Crippen LogP contribution in [0.15, 0.2) is 18.2 Å². The molecule has 1 N–H and O–H groups in total. The SMILES string of the molecule is CNC1CCN(c2ccc(I)cc2Cl)CC1. The molecule has 0 unspecified atom stereocenters. The van der Waals surface area contributed by atoms with Gasteiger partial charge in [0.1, 0.15) is 0 Å². The van der Waals surface area contributed by atoms with Crippen LogP contribution >= 0.6 is 34.2 Å². The standard InChI is InChI=1S/C12H16ClIN2/c1-15-10-4-6-16(7-5-10)12-3-2-9(14)8-11(12)13/h2-3,8,10,15H,4-7H2,1H3.